The Balaban J connectivity index is 2.24. The molecule has 0 fully saturated rings. The molecule has 0 saturated carbocycles. The third-order valence-corrected chi connectivity index (χ3v) is 4.88. The molecule has 0 unspecified atom stereocenters. The summed E-state index contributed by atoms with van der Waals surface area (Å²) in [5.74, 6) is -0.992. The van der Waals surface area contributed by atoms with Gasteiger partial charge in [0.25, 0.3) is 5.69 Å². The number of carbonyl (C=O) groups excluding carboxylic acids is 2. The molecule has 0 atom stereocenters. The molecule has 7 nitrogen and oxygen atoms in total. The lowest BCUT2D eigenvalue weighted by molar-refractivity contribution is -0.385. The molecule has 2 aromatic rings. The highest BCUT2D eigenvalue weighted by Gasteiger charge is 2.18. The van der Waals surface area contributed by atoms with E-state index >= 15 is 0 Å². The number of esters is 2. The summed E-state index contributed by atoms with van der Waals surface area (Å²) in [6.45, 7) is 5.40. The quantitative estimate of drug-likeness (QED) is 0.205. The minimum Gasteiger partial charge on any atom is -0.465 e. The van der Waals surface area contributed by atoms with E-state index in [0.717, 1.165) is 11.6 Å². The Labute approximate surface area is 196 Å². The SMILES string of the molecule is COC(=O)c1ccc(C=Cc2c(Cl)cc(CCC(=O)OC(C)(C)C)cc2Cl)c([N+](=O)[O-])c1. The van der Waals surface area contributed by atoms with Gasteiger partial charge >= 0.3 is 11.9 Å². The van der Waals surface area contributed by atoms with Gasteiger partial charge in [-0.25, -0.2) is 4.79 Å². The van der Waals surface area contributed by atoms with Gasteiger partial charge in [-0.3, -0.25) is 14.9 Å². The molecule has 32 heavy (non-hydrogen) atoms. The smallest absolute Gasteiger partial charge is 0.338 e. The second-order valence-electron chi connectivity index (χ2n) is 7.92. The highest BCUT2D eigenvalue weighted by molar-refractivity contribution is 6.37. The molecule has 0 aliphatic rings. The first-order chi connectivity index (χ1) is 14.9. The fourth-order valence-corrected chi connectivity index (χ4v) is 3.50. The number of benzene rings is 2. The maximum atomic E-state index is 11.9. The van der Waals surface area contributed by atoms with Gasteiger partial charge in [0.05, 0.1) is 23.2 Å². The summed E-state index contributed by atoms with van der Waals surface area (Å²) in [6.07, 6.45) is 3.63. The Morgan fingerprint density at radius 2 is 1.72 bits per heavy atom. The van der Waals surface area contributed by atoms with E-state index in [1.165, 1.54) is 25.3 Å². The molecule has 170 valence electrons. The van der Waals surface area contributed by atoms with Crippen LogP contribution in [-0.2, 0) is 20.7 Å². The number of ether oxygens (including phenoxy) is 2. The Morgan fingerprint density at radius 3 is 2.25 bits per heavy atom. The van der Waals surface area contributed by atoms with Gasteiger partial charge < -0.3 is 9.47 Å². The summed E-state index contributed by atoms with van der Waals surface area (Å²) in [6, 6.07) is 7.40. The molecule has 0 bridgehead atoms. The molecular formula is C23H23Cl2NO6. The summed E-state index contributed by atoms with van der Waals surface area (Å²) in [5, 5.41) is 12.1. The number of halogens is 2. The Hall–Kier alpha value is -2.90. The normalized spacial score (nSPS) is 11.4. The van der Waals surface area contributed by atoms with E-state index in [1.54, 1.807) is 39.0 Å². The fourth-order valence-electron chi connectivity index (χ4n) is 2.84. The van der Waals surface area contributed by atoms with Crippen molar-refractivity contribution >= 4 is 53.0 Å². The second kappa shape index (κ2) is 10.6. The molecule has 2 aromatic carbocycles. The van der Waals surface area contributed by atoms with Crippen molar-refractivity contribution in [1.82, 2.24) is 0 Å². The van der Waals surface area contributed by atoms with Crippen LogP contribution in [0.2, 0.25) is 10.0 Å². The lowest BCUT2D eigenvalue weighted by Gasteiger charge is -2.19. The zero-order valence-electron chi connectivity index (χ0n) is 18.1. The topological polar surface area (TPSA) is 95.7 Å². The van der Waals surface area contributed by atoms with Crippen LogP contribution in [0.15, 0.2) is 30.3 Å². The van der Waals surface area contributed by atoms with Crippen molar-refractivity contribution in [3.8, 4) is 0 Å². The third kappa shape index (κ3) is 7.07. The maximum Gasteiger partial charge on any atom is 0.338 e. The Morgan fingerprint density at radius 1 is 1.09 bits per heavy atom. The summed E-state index contributed by atoms with van der Waals surface area (Å²) >= 11 is 12.7. The average Bonchev–Trinajstić information content (AvgIpc) is 2.69. The van der Waals surface area contributed by atoms with E-state index in [2.05, 4.69) is 4.74 Å². The van der Waals surface area contributed by atoms with Crippen molar-refractivity contribution in [2.24, 2.45) is 0 Å². The van der Waals surface area contributed by atoms with Crippen LogP contribution in [0.25, 0.3) is 12.2 Å². The molecule has 2 rings (SSSR count). The van der Waals surface area contributed by atoms with Crippen LogP contribution in [0.5, 0.6) is 0 Å². The number of hydrogen-bond acceptors (Lipinski definition) is 6. The van der Waals surface area contributed by atoms with Gasteiger partial charge in [0.1, 0.15) is 5.60 Å². The van der Waals surface area contributed by atoms with E-state index in [4.69, 9.17) is 27.9 Å². The summed E-state index contributed by atoms with van der Waals surface area (Å²) in [5.41, 5.74) is 0.756. The van der Waals surface area contributed by atoms with Crippen LogP contribution in [0.3, 0.4) is 0 Å². The van der Waals surface area contributed by atoms with Crippen LogP contribution in [0.1, 0.15) is 54.2 Å². The predicted molar refractivity (Wildman–Crippen MR) is 124 cm³/mol. The van der Waals surface area contributed by atoms with Crippen molar-refractivity contribution in [2.45, 2.75) is 39.2 Å². The number of nitro benzene ring substituents is 1. The van der Waals surface area contributed by atoms with E-state index in [9.17, 15) is 19.7 Å². The van der Waals surface area contributed by atoms with Gasteiger partial charge in [-0.05, 0) is 63.1 Å². The molecule has 0 aliphatic carbocycles. The van der Waals surface area contributed by atoms with Gasteiger partial charge in [0, 0.05) is 28.1 Å². The first-order valence-electron chi connectivity index (χ1n) is 9.66. The molecule has 0 aliphatic heterocycles. The molecule has 9 heteroatoms. The largest absolute Gasteiger partial charge is 0.465 e. The van der Waals surface area contributed by atoms with Crippen molar-refractivity contribution < 1.29 is 24.0 Å². The molecule has 0 heterocycles. The van der Waals surface area contributed by atoms with Gasteiger partial charge in [-0.1, -0.05) is 29.3 Å². The van der Waals surface area contributed by atoms with Crippen molar-refractivity contribution in [3.05, 3.63) is 72.7 Å². The first kappa shape index (κ1) is 25.4. The number of nitrogens with zero attached hydrogens (tertiary/aromatic N) is 1. The van der Waals surface area contributed by atoms with E-state index < -0.39 is 16.5 Å². The fraction of sp³-hybridized carbons (Fsp3) is 0.304. The summed E-state index contributed by atoms with van der Waals surface area (Å²) in [7, 11) is 1.20. The Kier molecular flexibility index (Phi) is 8.41. The van der Waals surface area contributed by atoms with E-state index in [-0.39, 0.29) is 29.2 Å². The average molecular weight is 480 g/mol. The number of nitro groups is 1. The van der Waals surface area contributed by atoms with Crippen molar-refractivity contribution in [2.75, 3.05) is 7.11 Å². The minimum absolute atomic E-state index is 0.0711. The zero-order chi connectivity index (χ0) is 24.1. The number of methoxy groups -OCH3 is 1. The number of hydrogen-bond donors (Lipinski definition) is 0. The summed E-state index contributed by atoms with van der Waals surface area (Å²) in [4.78, 5) is 34.4. The highest BCUT2D eigenvalue weighted by Crippen LogP contribution is 2.31. The van der Waals surface area contributed by atoms with Crippen LogP contribution >= 0.6 is 23.2 Å². The van der Waals surface area contributed by atoms with Crippen molar-refractivity contribution in [3.63, 3.8) is 0 Å². The van der Waals surface area contributed by atoms with Crippen LogP contribution in [-0.4, -0.2) is 29.6 Å². The van der Waals surface area contributed by atoms with E-state index in [1.807, 2.05) is 0 Å². The Bertz CT molecular complexity index is 1050. The second-order valence-corrected chi connectivity index (χ2v) is 8.73. The maximum absolute atomic E-state index is 11.9. The lowest BCUT2D eigenvalue weighted by Crippen LogP contribution is -2.24. The number of carbonyl (C=O) groups is 2. The lowest BCUT2D eigenvalue weighted by atomic mass is 10.0. The molecule has 0 amide bonds. The minimum atomic E-state index is -0.670. The standard InChI is InChI=1S/C23H23Cl2NO6/c1-23(2,3)32-21(27)10-5-14-11-18(24)17(19(25)12-14)9-8-15-6-7-16(22(28)31-4)13-20(15)26(29)30/h6-9,11-13H,5,10H2,1-4H3. The van der Waals surface area contributed by atoms with E-state index in [0.29, 0.717) is 22.0 Å². The predicted octanol–water partition coefficient (Wildman–Crippen LogP) is 6.13. The highest BCUT2D eigenvalue weighted by atomic mass is 35.5. The zero-order valence-corrected chi connectivity index (χ0v) is 19.6. The molecule has 0 spiro atoms. The monoisotopic (exact) mass is 479 g/mol. The van der Waals surface area contributed by atoms with Gasteiger partial charge in [-0.15, -0.1) is 0 Å². The number of aryl methyl sites for hydroxylation is 1. The van der Waals surface area contributed by atoms with Crippen LogP contribution < -0.4 is 0 Å². The third-order valence-electron chi connectivity index (χ3n) is 4.25. The molecule has 0 saturated heterocycles. The molecule has 0 aromatic heterocycles. The van der Waals surface area contributed by atoms with Gasteiger partial charge in [-0.2, -0.15) is 0 Å². The van der Waals surface area contributed by atoms with Crippen LogP contribution in [0.4, 0.5) is 5.69 Å². The van der Waals surface area contributed by atoms with Gasteiger partial charge in [0.15, 0.2) is 0 Å². The van der Waals surface area contributed by atoms with Crippen LogP contribution in [0, 0.1) is 10.1 Å². The van der Waals surface area contributed by atoms with Crippen molar-refractivity contribution in [1.29, 1.82) is 0 Å². The molecule has 0 N–H and O–H groups in total. The molecular weight excluding hydrogens is 457 g/mol. The first-order valence-corrected chi connectivity index (χ1v) is 10.4. The number of rotatable bonds is 7. The van der Waals surface area contributed by atoms with Gasteiger partial charge in [0.2, 0.25) is 0 Å². The summed E-state index contributed by atoms with van der Waals surface area (Å²) < 4.78 is 9.89. The molecule has 0 radical (unpaired) electrons.